The molecule has 116 valence electrons. The molecule has 0 aliphatic carbocycles. The number of nitrogens with one attached hydrogen (secondary N) is 1. The first-order chi connectivity index (χ1) is 10.6. The molecule has 0 aliphatic heterocycles. The van der Waals surface area contributed by atoms with Crippen molar-refractivity contribution in [2.75, 3.05) is 13.7 Å². The molecule has 0 spiro atoms. The van der Waals surface area contributed by atoms with Crippen LogP contribution in [0.2, 0.25) is 0 Å². The van der Waals surface area contributed by atoms with Gasteiger partial charge >= 0.3 is 0 Å². The minimum atomic E-state index is -0.311. The molecule has 0 aliphatic rings. The zero-order valence-corrected chi connectivity index (χ0v) is 12.4. The summed E-state index contributed by atoms with van der Waals surface area (Å²) in [6, 6.07) is 8.36. The Bertz CT molecular complexity index is 628. The second kappa shape index (κ2) is 7.31. The molecule has 6 heteroatoms. The lowest BCUT2D eigenvalue weighted by Gasteiger charge is -2.15. The second-order valence-electron chi connectivity index (χ2n) is 4.79. The van der Waals surface area contributed by atoms with Gasteiger partial charge in [0.25, 0.3) is 5.91 Å². The average Bonchev–Trinajstić information content (AvgIpc) is 2.53. The average molecular weight is 302 g/mol. The van der Waals surface area contributed by atoms with E-state index in [1.165, 1.54) is 18.5 Å². The molecule has 0 fully saturated rings. The van der Waals surface area contributed by atoms with Gasteiger partial charge in [-0.1, -0.05) is 0 Å². The topological polar surface area (TPSA) is 80.7 Å². The van der Waals surface area contributed by atoms with Crippen molar-refractivity contribution in [2.45, 2.75) is 13.0 Å². The molecule has 2 N–H and O–H groups in total. The molecule has 1 aromatic heterocycles. The Kier molecular flexibility index (Phi) is 5.19. The molecule has 1 aromatic carbocycles. The van der Waals surface area contributed by atoms with Gasteiger partial charge in [0, 0.05) is 6.20 Å². The van der Waals surface area contributed by atoms with Crippen LogP contribution in [0.1, 0.15) is 17.3 Å². The molecule has 0 saturated carbocycles. The Morgan fingerprint density at radius 2 is 1.95 bits per heavy atom. The van der Waals surface area contributed by atoms with Crippen LogP contribution in [0.25, 0.3) is 0 Å². The molecule has 1 amide bonds. The van der Waals surface area contributed by atoms with Crippen LogP contribution in [0.5, 0.6) is 17.2 Å². The van der Waals surface area contributed by atoms with E-state index in [1.54, 1.807) is 31.4 Å². The number of amides is 1. The first kappa shape index (κ1) is 15.6. The van der Waals surface area contributed by atoms with Gasteiger partial charge in [0.05, 0.1) is 24.9 Å². The van der Waals surface area contributed by atoms with E-state index in [-0.39, 0.29) is 17.7 Å². The number of hydrogen-bond donors (Lipinski definition) is 2. The molecule has 6 nitrogen and oxygen atoms in total. The lowest BCUT2D eigenvalue weighted by molar-refractivity contribution is 0.0926. The van der Waals surface area contributed by atoms with Crippen LogP contribution >= 0.6 is 0 Å². The van der Waals surface area contributed by atoms with Gasteiger partial charge in [-0.2, -0.15) is 0 Å². The highest BCUT2D eigenvalue weighted by Crippen LogP contribution is 2.17. The highest BCUT2D eigenvalue weighted by atomic mass is 16.5. The molecule has 0 bridgehead atoms. The van der Waals surface area contributed by atoms with Crippen molar-refractivity contribution in [3.8, 4) is 17.2 Å². The van der Waals surface area contributed by atoms with Crippen LogP contribution in [-0.2, 0) is 0 Å². The van der Waals surface area contributed by atoms with Crippen molar-refractivity contribution >= 4 is 5.91 Å². The molecule has 0 unspecified atom stereocenters. The molecule has 1 heterocycles. The molecular weight excluding hydrogens is 284 g/mol. The summed E-state index contributed by atoms with van der Waals surface area (Å²) < 4.78 is 10.7. The Morgan fingerprint density at radius 3 is 2.59 bits per heavy atom. The van der Waals surface area contributed by atoms with Gasteiger partial charge in [-0.25, -0.2) is 0 Å². The Labute approximate surface area is 128 Å². The maximum atomic E-state index is 12.0. The third-order valence-electron chi connectivity index (χ3n) is 2.92. The minimum Gasteiger partial charge on any atom is -0.506 e. The van der Waals surface area contributed by atoms with E-state index in [9.17, 15) is 9.90 Å². The van der Waals surface area contributed by atoms with Crippen molar-refractivity contribution in [1.29, 1.82) is 0 Å². The number of nitrogens with zero attached hydrogens (tertiary/aromatic N) is 1. The first-order valence-corrected chi connectivity index (χ1v) is 6.80. The van der Waals surface area contributed by atoms with Gasteiger partial charge in [-0.05, 0) is 37.3 Å². The van der Waals surface area contributed by atoms with E-state index in [0.717, 1.165) is 5.75 Å². The predicted molar refractivity (Wildman–Crippen MR) is 81.3 cm³/mol. The highest BCUT2D eigenvalue weighted by molar-refractivity contribution is 5.94. The predicted octanol–water partition coefficient (Wildman–Crippen LogP) is 1.99. The smallest absolute Gasteiger partial charge is 0.253 e. The molecular formula is C16H18N2O4. The lowest BCUT2D eigenvalue weighted by atomic mass is 10.2. The summed E-state index contributed by atoms with van der Waals surface area (Å²) in [4.78, 5) is 15.7. The summed E-state index contributed by atoms with van der Waals surface area (Å²) in [5.41, 5.74) is 0.302. The van der Waals surface area contributed by atoms with E-state index in [1.807, 2.05) is 6.92 Å². The molecule has 0 radical (unpaired) electrons. The van der Waals surface area contributed by atoms with Crippen molar-refractivity contribution in [3.63, 3.8) is 0 Å². The van der Waals surface area contributed by atoms with Gasteiger partial charge in [0.15, 0.2) is 0 Å². The van der Waals surface area contributed by atoms with E-state index in [4.69, 9.17) is 9.47 Å². The molecule has 22 heavy (non-hydrogen) atoms. The van der Waals surface area contributed by atoms with E-state index in [2.05, 4.69) is 10.3 Å². The van der Waals surface area contributed by atoms with Crippen molar-refractivity contribution in [3.05, 3.63) is 48.3 Å². The Hall–Kier alpha value is -2.76. The van der Waals surface area contributed by atoms with Gasteiger partial charge < -0.3 is 19.9 Å². The molecule has 1 atom stereocenters. The van der Waals surface area contributed by atoms with Gasteiger partial charge in [-0.15, -0.1) is 0 Å². The van der Waals surface area contributed by atoms with Crippen LogP contribution in [0.15, 0.2) is 42.7 Å². The SMILES string of the molecule is COc1ccc(OC[C@@H](C)NC(=O)c2cncc(O)c2)cc1. The summed E-state index contributed by atoms with van der Waals surface area (Å²) in [7, 11) is 1.60. The number of rotatable bonds is 6. The van der Waals surface area contributed by atoms with Gasteiger partial charge in [0.2, 0.25) is 0 Å². The fourth-order valence-electron chi connectivity index (χ4n) is 1.79. The molecule has 2 aromatic rings. The van der Waals surface area contributed by atoms with Crippen LogP contribution in [0.4, 0.5) is 0 Å². The number of pyridine rings is 1. The van der Waals surface area contributed by atoms with Crippen molar-refractivity contribution in [1.82, 2.24) is 10.3 Å². The number of carbonyl (C=O) groups excluding carboxylic acids is 1. The number of ether oxygens (including phenoxy) is 2. The van der Waals surface area contributed by atoms with Crippen LogP contribution in [0.3, 0.4) is 0 Å². The monoisotopic (exact) mass is 302 g/mol. The third kappa shape index (κ3) is 4.37. The summed E-state index contributed by atoms with van der Waals surface area (Å²) in [5, 5.41) is 12.1. The number of aromatic nitrogens is 1. The zero-order chi connectivity index (χ0) is 15.9. The second-order valence-corrected chi connectivity index (χ2v) is 4.79. The van der Waals surface area contributed by atoms with Crippen molar-refractivity contribution < 1.29 is 19.4 Å². The van der Waals surface area contributed by atoms with E-state index < -0.39 is 0 Å². The third-order valence-corrected chi connectivity index (χ3v) is 2.92. The fourth-order valence-corrected chi connectivity index (χ4v) is 1.79. The van der Waals surface area contributed by atoms with Crippen molar-refractivity contribution in [2.24, 2.45) is 0 Å². The molecule has 2 rings (SSSR count). The highest BCUT2D eigenvalue weighted by Gasteiger charge is 2.11. The first-order valence-electron chi connectivity index (χ1n) is 6.80. The number of aromatic hydroxyl groups is 1. The zero-order valence-electron chi connectivity index (χ0n) is 12.4. The quantitative estimate of drug-likeness (QED) is 0.853. The van der Waals surface area contributed by atoms with Gasteiger partial charge in [-0.3, -0.25) is 9.78 Å². The van der Waals surface area contributed by atoms with Gasteiger partial charge in [0.1, 0.15) is 23.9 Å². The fraction of sp³-hybridized carbons (Fsp3) is 0.250. The van der Waals surface area contributed by atoms with E-state index >= 15 is 0 Å². The number of methoxy groups -OCH3 is 1. The minimum absolute atomic E-state index is 0.0465. The van der Waals surface area contributed by atoms with Crippen LogP contribution in [0, 0.1) is 0 Å². The van der Waals surface area contributed by atoms with Crippen LogP contribution < -0.4 is 14.8 Å². The number of carbonyl (C=O) groups is 1. The Morgan fingerprint density at radius 1 is 1.27 bits per heavy atom. The summed E-state index contributed by atoms with van der Waals surface area (Å²) >= 11 is 0. The lowest BCUT2D eigenvalue weighted by Crippen LogP contribution is -2.36. The summed E-state index contributed by atoms with van der Waals surface area (Å²) in [5.74, 6) is 1.09. The van der Waals surface area contributed by atoms with E-state index in [0.29, 0.717) is 17.9 Å². The summed E-state index contributed by atoms with van der Waals surface area (Å²) in [6.07, 6.45) is 2.67. The number of benzene rings is 1. The summed E-state index contributed by atoms with van der Waals surface area (Å²) in [6.45, 7) is 2.15. The maximum Gasteiger partial charge on any atom is 0.253 e. The Balaban J connectivity index is 1.84. The van der Waals surface area contributed by atoms with Crippen LogP contribution in [-0.4, -0.2) is 35.8 Å². The number of hydrogen-bond acceptors (Lipinski definition) is 5. The standard InChI is InChI=1S/C16H18N2O4/c1-11(10-22-15-5-3-14(21-2)4-6-15)18-16(20)12-7-13(19)9-17-8-12/h3-9,11,19H,10H2,1-2H3,(H,18,20)/t11-/m1/s1. The maximum absolute atomic E-state index is 12.0. The normalized spacial score (nSPS) is 11.5. The largest absolute Gasteiger partial charge is 0.506 e. The molecule has 0 saturated heterocycles.